The Morgan fingerprint density at radius 3 is 2.78 bits per heavy atom. The Hall–Kier alpha value is -1.13. The van der Waals surface area contributed by atoms with Crippen LogP contribution < -0.4 is 0 Å². The summed E-state index contributed by atoms with van der Waals surface area (Å²) in [5.74, 6) is 2.90. The van der Waals surface area contributed by atoms with E-state index < -0.39 is 0 Å². The molecule has 2 nitrogen and oxygen atoms in total. The van der Waals surface area contributed by atoms with Crippen LogP contribution in [0.3, 0.4) is 0 Å². The smallest absolute Gasteiger partial charge is 0.139 e. The van der Waals surface area contributed by atoms with Crippen molar-refractivity contribution in [3.8, 4) is 11.4 Å². The summed E-state index contributed by atoms with van der Waals surface area (Å²) in [6.07, 6.45) is 1.06. The number of fused-ring (bicyclic) bond motifs is 1. The molecule has 1 aromatic heterocycles. The fraction of sp³-hybridized carbons (Fsp3) is 0.286. The van der Waals surface area contributed by atoms with Gasteiger partial charge in [0.25, 0.3) is 0 Å². The van der Waals surface area contributed by atoms with E-state index in [2.05, 4.69) is 41.2 Å². The van der Waals surface area contributed by atoms with Gasteiger partial charge in [0, 0.05) is 28.3 Å². The Bertz CT molecular complexity index is 629. The fourth-order valence-corrected chi connectivity index (χ4v) is 3.55. The lowest BCUT2D eigenvalue weighted by Gasteiger charge is -2.06. The lowest BCUT2D eigenvalue weighted by Crippen LogP contribution is -1.97. The SMILES string of the molecule is CCc1ccc(-c2nc(=S)c3c([nH]2)CSC3)cc1. The lowest BCUT2D eigenvalue weighted by atomic mass is 10.1. The van der Waals surface area contributed by atoms with Gasteiger partial charge >= 0.3 is 0 Å². The molecule has 0 saturated heterocycles. The zero-order chi connectivity index (χ0) is 12.5. The average Bonchev–Trinajstić information content (AvgIpc) is 2.88. The molecule has 1 aromatic carbocycles. The van der Waals surface area contributed by atoms with Gasteiger partial charge in [0.15, 0.2) is 0 Å². The fourth-order valence-electron chi connectivity index (χ4n) is 2.11. The molecule has 2 aromatic rings. The average molecular weight is 274 g/mol. The van der Waals surface area contributed by atoms with Crippen LogP contribution in [0.25, 0.3) is 11.4 Å². The molecule has 0 atom stereocenters. The van der Waals surface area contributed by atoms with Crippen LogP contribution in [0, 0.1) is 4.64 Å². The highest BCUT2D eigenvalue weighted by Gasteiger charge is 2.15. The minimum atomic E-state index is 0.753. The minimum Gasteiger partial charge on any atom is -0.342 e. The van der Waals surface area contributed by atoms with Crippen LogP contribution in [0.1, 0.15) is 23.7 Å². The normalized spacial score (nSPS) is 13.6. The van der Waals surface area contributed by atoms with Gasteiger partial charge in [0.05, 0.1) is 0 Å². The van der Waals surface area contributed by atoms with Crippen molar-refractivity contribution >= 4 is 24.0 Å². The quantitative estimate of drug-likeness (QED) is 0.835. The Morgan fingerprint density at radius 1 is 1.28 bits per heavy atom. The topological polar surface area (TPSA) is 28.7 Å². The van der Waals surface area contributed by atoms with Gasteiger partial charge in [-0.15, -0.1) is 0 Å². The van der Waals surface area contributed by atoms with Crippen LogP contribution in [0.2, 0.25) is 0 Å². The van der Waals surface area contributed by atoms with E-state index in [1.165, 1.54) is 16.8 Å². The molecule has 1 aliphatic rings. The summed E-state index contributed by atoms with van der Waals surface area (Å²) in [4.78, 5) is 7.94. The van der Waals surface area contributed by atoms with Gasteiger partial charge in [-0.1, -0.05) is 43.4 Å². The second kappa shape index (κ2) is 4.86. The summed E-state index contributed by atoms with van der Waals surface area (Å²) in [7, 11) is 0. The first kappa shape index (κ1) is 11.9. The first-order valence-electron chi connectivity index (χ1n) is 6.07. The number of hydrogen-bond acceptors (Lipinski definition) is 3. The van der Waals surface area contributed by atoms with Gasteiger partial charge < -0.3 is 4.98 Å². The largest absolute Gasteiger partial charge is 0.342 e. The van der Waals surface area contributed by atoms with Crippen LogP contribution in [-0.2, 0) is 17.9 Å². The summed E-state index contributed by atoms with van der Waals surface area (Å²) in [5, 5.41) is 0. The van der Waals surface area contributed by atoms with Gasteiger partial charge in [-0.05, 0) is 12.0 Å². The number of aryl methyl sites for hydroxylation is 1. The summed E-state index contributed by atoms with van der Waals surface area (Å²) < 4.78 is 0.753. The molecular weight excluding hydrogens is 260 g/mol. The van der Waals surface area contributed by atoms with E-state index in [-0.39, 0.29) is 0 Å². The summed E-state index contributed by atoms with van der Waals surface area (Å²) in [6, 6.07) is 8.52. The third-order valence-corrected chi connectivity index (χ3v) is 4.56. The third-order valence-electron chi connectivity index (χ3n) is 3.23. The Kier molecular flexibility index (Phi) is 3.22. The summed E-state index contributed by atoms with van der Waals surface area (Å²) >= 11 is 7.26. The molecule has 0 unspecified atom stereocenters. The molecule has 18 heavy (non-hydrogen) atoms. The molecule has 1 aliphatic heterocycles. The van der Waals surface area contributed by atoms with E-state index in [9.17, 15) is 0 Å². The van der Waals surface area contributed by atoms with E-state index in [0.717, 1.165) is 34.0 Å². The number of aromatic amines is 1. The maximum Gasteiger partial charge on any atom is 0.139 e. The van der Waals surface area contributed by atoms with Crippen molar-refractivity contribution in [1.29, 1.82) is 0 Å². The first-order chi connectivity index (χ1) is 8.78. The Morgan fingerprint density at radius 2 is 2.06 bits per heavy atom. The molecule has 0 amide bonds. The molecular formula is C14H14N2S2. The maximum absolute atomic E-state index is 5.37. The zero-order valence-corrected chi connectivity index (χ0v) is 11.8. The number of aromatic nitrogens is 2. The summed E-state index contributed by atoms with van der Waals surface area (Å²) in [6.45, 7) is 2.16. The van der Waals surface area contributed by atoms with Crippen LogP contribution in [0.15, 0.2) is 24.3 Å². The standard InChI is InChI=1S/C14H14N2S2/c1-2-9-3-5-10(6-4-9)13-15-12-8-18-7-11(12)14(17)16-13/h3-6H,2,7-8H2,1H3,(H,15,16,17). The van der Waals surface area contributed by atoms with Crippen molar-refractivity contribution < 1.29 is 0 Å². The monoisotopic (exact) mass is 274 g/mol. The molecule has 2 heterocycles. The van der Waals surface area contributed by atoms with Crippen LogP contribution in [0.4, 0.5) is 0 Å². The van der Waals surface area contributed by atoms with Crippen LogP contribution >= 0.6 is 24.0 Å². The third kappa shape index (κ3) is 2.10. The number of H-pyrrole nitrogens is 1. The highest BCUT2D eigenvalue weighted by molar-refractivity contribution is 7.98. The van der Waals surface area contributed by atoms with Crippen LogP contribution in [-0.4, -0.2) is 9.97 Å². The number of benzene rings is 1. The number of thioether (sulfide) groups is 1. The van der Waals surface area contributed by atoms with Gasteiger partial charge in [0.1, 0.15) is 10.5 Å². The molecule has 3 rings (SSSR count). The molecule has 0 radical (unpaired) electrons. The van der Waals surface area contributed by atoms with Gasteiger partial charge in [0.2, 0.25) is 0 Å². The van der Waals surface area contributed by atoms with Crippen molar-refractivity contribution in [3.05, 3.63) is 45.7 Å². The second-order valence-electron chi connectivity index (χ2n) is 4.39. The number of nitrogens with zero attached hydrogens (tertiary/aromatic N) is 1. The highest BCUT2D eigenvalue weighted by atomic mass is 32.2. The van der Waals surface area contributed by atoms with E-state index in [1.54, 1.807) is 0 Å². The zero-order valence-electron chi connectivity index (χ0n) is 10.2. The van der Waals surface area contributed by atoms with Crippen molar-refractivity contribution in [2.24, 2.45) is 0 Å². The van der Waals surface area contributed by atoms with E-state index in [1.807, 2.05) is 11.8 Å². The lowest BCUT2D eigenvalue weighted by molar-refractivity contribution is 1.06. The first-order valence-corrected chi connectivity index (χ1v) is 7.63. The van der Waals surface area contributed by atoms with E-state index >= 15 is 0 Å². The van der Waals surface area contributed by atoms with Crippen LogP contribution in [0.5, 0.6) is 0 Å². The predicted molar refractivity (Wildman–Crippen MR) is 79.2 cm³/mol. The van der Waals surface area contributed by atoms with Crippen molar-refractivity contribution in [1.82, 2.24) is 9.97 Å². The Balaban J connectivity index is 2.06. The predicted octanol–water partition coefficient (Wildman–Crippen LogP) is 4.12. The van der Waals surface area contributed by atoms with Gasteiger partial charge in [-0.3, -0.25) is 0 Å². The molecule has 0 fully saturated rings. The second-order valence-corrected chi connectivity index (χ2v) is 5.76. The van der Waals surface area contributed by atoms with E-state index in [4.69, 9.17) is 12.2 Å². The summed E-state index contributed by atoms with van der Waals surface area (Å²) in [5.41, 5.74) is 4.91. The molecule has 1 N–H and O–H groups in total. The molecule has 4 heteroatoms. The number of nitrogens with one attached hydrogen (secondary N) is 1. The maximum atomic E-state index is 5.37. The van der Waals surface area contributed by atoms with Crippen molar-refractivity contribution in [2.75, 3.05) is 0 Å². The molecule has 0 spiro atoms. The van der Waals surface area contributed by atoms with Crippen molar-refractivity contribution in [2.45, 2.75) is 24.9 Å². The number of rotatable bonds is 2. The molecule has 0 bridgehead atoms. The van der Waals surface area contributed by atoms with Gasteiger partial charge in [-0.2, -0.15) is 11.8 Å². The van der Waals surface area contributed by atoms with E-state index in [0.29, 0.717) is 0 Å². The number of hydrogen-bond donors (Lipinski definition) is 1. The highest BCUT2D eigenvalue weighted by Crippen LogP contribution is 2.30. The van der Waals surface area contributed by atoms with Gasteiger partial charge in [-0.25, -0.2) is 4.98 Å². The Labute approximate surface area is 116 Å². The molecule has 0 aliphatic carbocycles. The molecule has 0 saturated carbocycles. The molecule has 92 valence electrons. The van der Waals surface area contributed by atoms with Crippen molar-refractivity contribution in [3.63, 3.8) is 0 Å². The minimum absolute atomic E-state index is 0.753.